The van der Waals surface area contributed by atoms with E-state index in [0.717, 1.165) is 0 Å². The zero-order chi connectivity index (χ0) is 8.10. The number of rotatable bonds is 2. The van der Waals surface area contributed by atoms with Gasteiger partial charge in [-0.15, -0.1) is 0 Å². The van der Waals surface area contributed by atoms with E-state index in [1.54, 1.807) is 24.5 Å². The normalized spacial score (nSPS) is 9.18. The Balaban J connectivity index is 2.69. The Bertz CT molecular complexity index is 233. The van der Waals surface area contributed by atoms with E-state index in [4.69, 9.17) is 0 Å². The second-order valence-corrected chi connectivity index (χ2v) is 2.10. The minimum atomic E-state index is -0.0464. The maximum atomic E-state index is 11.1. The van der Waals surface area contributed by atoms with Crippen molar-refractivity contribution in [3.63, 3.8) is 0 Å². The molecule has 0 saturated heterocycles. The van der Waals surface area contributed by atoms with Gasteiger partial charge in [-0.2, -0.15) is 0 Å². The Morgan fingerprint density at radius 3 is 2.73 bits per heavy atom. The van der Waals surface area contributed by atoms with Gasteiger partial charge in [-0.05, 0) is 19.1 Å². The first-order valence-corrected chi connectivity index (χ1v) is 3.53. The Labute approximate surface area is 65.5 Å². The van der Waals surface area contributed by atoms with Crippen molar-refractivity contribution in [1.82, 2.24) is 10.3 Å². The maximum absolute atomic E-state index is 11.1. The molecular formula is C8H10N2O. The van der Waals surface area contributed by atoms with Gasteiger partial charge in [0.1, 0.15) is 0 Å². The van der Waals surface area contributed by atoms with Crippen LogP contribution in [0.5, 0.6) is 0 Å². The third-order valence-corrected chi connectivity index (χ3v) is 1.28. The molecule has 0 aliphatic heterocycles. The summed E-state index contributed by atoms with van der Waals surface area (Å²) in [5.74, 6) is -0.0464. The number of nitrogens with one attached hydrogen (secondary N) is 1. The highest BCUT2D eigenvalue weighted by molar-refractivity contribution is 5.93. The van der Waals surface area contributed by atoms with Crippen molar-refractivity contribution < 1.29 is 4.79 Å². The van der Waals surface area contributed by atoms with Gasteiger partial charge in [0.15, 0.2) is 0 Å². The molecule has 0 fully saturated rings. The maximum Gasteiger partial charge on any atom is 0.251 e. The zero-order valence-electron chi connectivity index (χ0n) is 6.37. The lowest BCUT2D eigenvalue weighted by Crippen LogP contribution is -2.22. The Morgan fingerprint density at radius 1 is 1.55 bits per heavy atom. The molecule has 0 aromatic carbocycles. The third-order valence-electron chi connectivity index (χ3n) is 1.28. The predicted octanol–water partition coefficient (Wildman–Crippen LogP) is 0.831. The minimum absolute atomic E-state index is 0.0464. The standard InChI is InChI=1S/C8H10N2O/c1-2-10-8(11)7-3-5-9-6-4-7/h3-6H,2H2,1H3,(H,10,11). The highest BCUT2D eigenvalue weighted by atomic mass is 16.1. The summed E-state index contributed by atoms with van der Waals surface area (Å²) in [4.78, 5) is 14.9. The summed E-state index contributed by atoms with van der Waals surface area (Å²) in [5.41, 5.74) is 0.654. The van der Waals surface area contributed by atoms with Crippen LogP contribution in [0.1, 0.15) is 17.3 Å². The number of hydrogen-bond acceptors (Lipinski definition) is 2. The van der Waals surface area contributed by atoms with E-state index in [2.05, 4.69) is 10.3 Å². The fourth-order valence-corrected chi connectivity index (χ4v) is 0.766. The van der Waals surface area contributed by atoms with Crippen molar-refractivity contribution in [2.75, 3.05) is 6.54 Å². The van der Waals surface area contributed by atoms with E-state index in [1.807, 2.05) is 6.92 Å². The highest BCUT2D eigenvalue weighted by Crippen LogP contribution is 1.94. The van der Waals surface area contributed by atoms with Crippen LogP contribution in [0.25, 0.3) is 0 Å². The van der Waals surface area contributed by atoms with Crippen LogP contribution in [0.4, 0.5) is 0 Å². The summed E-state index contributed by atoms with van der Waals surface area (Å²) in [7, 11) is 0. The van der Waals surface area contributed by atoms with Crippen molar-refractivity contribution in [2.24, 2.45) is 0 Å². The topological polar surface area (TPSA) is 42.0 Å². The molecule has 1 N–H and O–H groups in total. The number of carbonyl (C=O) groups excluding carboxylic acids is 1. The molecule has 3 nitrogen and oxygen atoms in total. The molecule has 1 aromatic heterocycles. The molecule has 0 aliphatic rings. The summed E-state index contributed by atoms with van der Waals surface area (Å²) in [6, 6.07) is 3.37. The number of amides is 1. The van der Waals surface area contributed by atoms with Gasteiger partial charge in [0.2, 0.25) is 0 Å². The van der Waals surface area contributed by atoms with Gasteiger partial charge in [0.05, 0.1) is 0 Å². The van der Waals surface area contributed by atoms with Crippen LogP contribution >= 0.6 is 0 Å². The van der Waals surface area contributed by atoms with Crippen LogP contribution < -0.4 is 5.32 Å². The van der Waals surface area contributed by atoms with E-state index in [1.165, 1.54) is 0 Å². The van der Waals surface area contributed by atoms with Crippen molar-refractivity contribution in [3.8, 4) is 0 Å². The molecule has 0 unspecified atom stereocenters. The molecule has 1 rings (SSSR count). The minimum Gasteiger partial charge on any atom is -0.352 e. The third kappa shape index (κ3) is 2.04. The van der Waals surface area contributed by atoms with Crippen molar-refractivity contribution in [2.45, 2.75) is 6.92 Å². The first-order valence-electron chi connectivity index (χ1n) is 3.53. The second-order valence-electron chi connectivity index (χ2n) is 2.10. The van der Waals surface area contributed by atoms with E-state index in [-0.39, 0.29) is 5.91 Å². The number of aromatic nitrogens is 1. The molecule has 0 bridgehead atoms. The van der Waals surface area contributed by atoms with Gasteiger partial charge in [-0.1, -0.05) is 0 Å². The molecule has 1 aromatic rings. The lowest BCUT2D eigenvalue weighted by Gasteiger charge is -1.99. The van der Waals surface area contributed by atoms with Crippen LogP contribution in [0, 0.1) is 0 Å². The van der Waals surface area contributed by atoms with E-state index in [9.17, 15) is 4.79 Å². The summed E-state index contributed by atoms with van der Waals surface area (Å²) in [6.45, 7) is 2.54. The monoisotopic (exact) mass is 150 g/mol. The number of hydrogen-bond donors (Lipinski definition) is 1. The average Bonchev–Trinajstić information content (AvgIpc) is 2.07. The molecule has 0 aliphatic carbocycles. The van der Waals surface area contributed by atoms with Crippen LogP contribution in [-0.2, 0) is 0 Å². The van der Waals surface area contributed by atoms with Crippen molar-refractivity contribution in [3.05, 3.63) is 30.1 Å². The van der Waals surface area contributed by atoms with Gasteiger partial charge in [0.25, 0.3) is 5.91 Å². The smallest absolute Gasteiger partial charge is 0.251 e. The van der Waals surface area contributed by atoms with E-state index < -0.39 is 0 Å². The molecule has 0 radical (unpaired) electrons. The van der Waals surface area contributed by atoms with Crippen LogP contribution in [-0.4, -0.2) is 17.4 Å². The van der Waals surface area contributed by atoms with Crippen LogP contribution in [0.2, 0.25) is 0 Å². The van der Waals surface area contributed by atoms with E-state index in [0.29, 0.717) is 12.1 Å². The molecule has 11 heavy (non-hydrogen) atoms. The van der Waals surface area contributed by atoms with Gasteiger partial charge in [-0.3, -0.25) is 9.78 Å². The zero-order valence-corrected chi connectivity index (χ0v) is 6.37. The molecule has 0 spiro atoms. The summed E-state index contributed by atoms with van der Waals surface area (Å²) < 4.78 is 0. The van der Waals surface area contributed by atoms with Gasteiger partial charge < -0.3 is 5.32 Å². The molecule has 0 atom stereocenters. The summed E-state index contributed by atoms with van der Waals surface area (Å²) in [6.07, 6.45) is 3.20. The van der Waals surface area contributed by atoms with Gasteiger partial charge in [0, 0.05) is 24.5 Å². The lowest BCUT2D eigenvalue weighted by atomic mass is 10.2. The SMILES string of the molecule is CCNC(=O)c1ccncc1. The Morgan fingerprint density at radius 2 is 2.18 bits per heavy atom. The largest absolute Gasteiger partial charge is 0.352 e. The van der Waals surface area contributed by atoms with Gasteiger partial charge >= 0.3 is 0 Å². The number of carbonyl (C=O) groups is 1. The second kappa shape index (κ2) is 3.71. The first-order chi connectivity index (χ1) is 5.34. The quantitative estimate of drug-likeness (QED) is 0.678. The fraction of sp³-hybridized carbons (Fsp3) is 0.250. The number of nitrogens with zero attached hydrogens (tertiary/aromatic N) is 1. The van der Waals surface area contributed by atoms with Crippen LogP contribution in [0.3, 0.4) is 0 Å². The highest BCUT2D eigenvalue weighted by Gasteiger charge is 2.00. The Kier molecular flexibility index (Phi) is 2.60. The van der Waals surface area contributed by atoms with Crippen molar-refractivity contribution >= 4 is 5.91 Å². The van der Waals surface area contributed by atoms with Crippen molar-refractivity contribution in [1.29, 1.82) is 0 Å². The first kappa shape index (κ1) is 7.72. The molecule has 0 saturated carbocycles. The average molecular weight is 150 g/mol. The summed E-state index contributed by atoms with van der Waals surface area (Å²) in [5, 5.41) is 2.70. The van der Waals surface area contributed by atoms with E-state index >= 15 is 0 Å². The fourth-order valence-electron chi connectivity index (χ4n) is 0.766. The lowest BCUT2D eigenvalue weighted by molar-refractivity contribution is 0.0955. The molecular weight excluding hydrogens is 140 g/mol. The molecule has 1 amide bonds. The molecule has 58 valence electrons. The van der Waals surface area contributed by atoms with Gasteiger partial charge in [-0.25, -0.2) is 0 Å². The molecule has 3 heteroatoms. The molecule has 1 heterocycles. The number of pyridine rings is 1. The predicted molar refractivity (Wildman–Crippen MR) is 42.2 cm³/mol. The Hall–Kier alpha value is -1.38. The summed E-state index contributed by atoms with van der Waals surface area (Å²) >= 11 is 0. The van der Waals surface area contributed by atoms with Crippen LogP contribution in [0.15, 0.2) is 24.5 Å².